The molecule has 0 radical (unpaired) electrons. The van der Waals surface area contributed by atoms with Gasteiger partial charge in [-0.2, -0.15) is 0 Å². The summed E-state index contributed by atoms with van der Waals surface area (Å²) in [5.41, 5.74) is 0.0729. The summed E-state index contributed by atoms with van der Waals surface area (Å²) in [6.45, 7) is 2.72. The van der Waals surface area contributed by atoms with Crippen molar-refractivity contribution >= 4 is 21.8 Å². The average molecular weight is 288 g/mol. The van der Waals surface area contributed by atoms with Gasteiger partial charge < -0.3 is 10.2 Å². The second kappa shape index (κ2) is 4.88. The quantitative estimate of drug-likeness (QED) is 0.785. The predicted molar refractivity (Wildman–Crippen MR) is 60.7 cm³/mol. The molecule has 0 bridgehead atoms. The first-order valence-electron chi connectivity index (χ1n) is 4.99. The average Bonchev–Trinajstić information content (AvgIpc) is 2.32. The van der Waals surface area contributed by atoms with Gasteiger partial charge in [0.15, 0.2) is 5.82 Å². The van der Waals surface area contributed by atoms with Crippen LogP contribution in [0.3, 0.4) is 0 Å². The predicted octanol–water partition coefficient (Wildman–Crippen LogP) is 1.03. The third-order valence-electron chi connectivity index (χ3n) is 2.46. The highest BCUT2D eigenvalue weighted by atomic mass is 79.9. The summed E-state index contributed by atoms with van der Waals surface area (Å²) in [6.07, 6.45) is 1.06. The monoisotopic (exact) mass is 287 g/mol. The molecule has 0 aliphatic carbocycles. The second-order valence-corrected chi connectivity index (χ2v) is 4.34. The molecule has 2 rings (SSSR count). The van der Waals surface area contributed by atoms with Gasteiger partial charge in [-0.05, 0) is 22.0 Å². The number of halogens is 2. The Morgan fingerprint density at radius 1 is 1.50 bits per heavy atom. The van der Waals surface area contributed by atoms with E-state index in [0.29, 0.717) is 17.7 Å². The fourth-order valence-corrected chi connectivity index (χ4v) is 1.95. The summed E-state index contributed by atoms with van der Waals surface area (Å²) in [6, 6.07) is 1.42. The SMILES string of the molecule is O=C(c1cc(Br)ncc1F)N1CCNCC1. The van der Waals surface area contributed by atoms with Crippen LogP contribution in [0.2, 0.25) is 0 Å². The lowest BCUT2D eigenvalue weighted by Crippen LogP contribution is -2.46. The number of aromatic nitrogens is 1. The summed E-state index contributed by atoms with van der Waals surface area (Å²) in [4.78, 5) is 17.3. The van der Waals surface area contributed by atoms with Crippen molar-refractivity contribution in [1.82, 2.24) is 15.2 Å². The molecule has 2 heterocycles. The molecular weight excluding hydrogens is 277 g/mol. The van der Waals surface area contributed by atoms with E-state index >= 15 is 0 Å². The van der Waals surface area contributed by atoms with Gasteiger partial charge in [0.2, 0.25) is 0 Å². The van der Waals surface area contributed by atoms with Gasteiger partial charge in [0.05, 0.1) is 11.8 Å². The molecule has 1 amide bonds. The summed E-state index contributed by atoms with van der Waals surface area (Å²) in [5, 5.41) is 3.14. The van der Waals surface area contributed by atoms with Crippen LogP contribution in [-0.4, -0.2) is 42.0 Å². The number of piperazine rings is 1. The molecule has 0 saturated carbocycles. The van der Waals surface area contributed by atoms with E-state index < -0.39 is 5.82 Å². The Morgan fingerprint density at radius 3 is 2.88 bits per heavy atom. The number of carbonyl (C=O) groups excluding carboxylic acids is 1. The first-order valence-corrected chi connectivity index (χ1v) is 5.79. The zero-order valence-electron chi connectivity index (χ0n) is 8.54. The molecule has 4 nitrogen and oxygen atoms in total. The summed E-state index contributed by atoms with van der Waals surface area (Å²) in [5.74, 6) is -0.853. The highest BCUT2D eigenvalue weighted by Gasteiger charge is 2.21. The van der Waals surface area contributed by atoms with E-state index in [-0.39, 0.29) is 11.5 Å². The fraction of sp³-hybridized carbons (Fsp3) is 0.400. The van der Waals surface area contributed by atoms with Crippen LogP contribution in [0.1, 0.15) is 10.4 Å². The summed E-state index contributed by atoms with van der Waals surface area (Å²) in [7, 11) is 0. The number of pyridine rings is 1. The lowest BCUT2D eigenvalue weighted by Gasteiger charge is -2.27. The Kier molecular flexibility index (Phi) is 3.50. The molecule has 1 fully saturated rings. The van der Waals surface area contributed by atoms with Gasteiger partial charge in [-0.1, -0.05) is 0 Å². The van der Waals surface area contributed by atoms with Crippen LogP contribution >= 0.6 is 15.9 Å². The lowest BCUT2D eigenvalue weighted by molar-refractivity contribution is 0.0731. The Balaban J connectivity index is 2.22. The van der Waals surface area contributed by atoms with Gasteiger partial charge in [0.25, 0.3) is 5.91 Å². The molecule has 0 spiro atoms. The van der Waals surface area contributed by atoms with E-state index in [0.717, 1.165) is 19.3 Å². The van der Waals surface area contributed by atoms with Crippen LogP contribution in [0.25, 0.3) is 0 Å². The second-order valence-electron chi connectivity index (χ2n) is 3.53. The van der Waals surface area contributed by atoms with Crippen LogP contribution in [0.15, 0.2) is 16.9 Å². The first kappa shape index (κ1) is 11.5. The molecule has 6 heteroatoms. The van der Waals surface area contributed by atoms with Gasteiger partial charge >= 0.3 is 0 Å². The molecule has 1 aliphatic heterocycles. The van der Waals surface area contributed by atoms with Crippen molar-refractivity contribution in [2.24, 2.45) is 0 Å². The Labute approximate surface area is 101 Å². The number of hydrogen-bond acceptors (Lipinski definition) is 3. The standard InChI is InChI=1S/C10H11BrFN3O/c11-9-5-7(8(12)6-14-9)10(16)15-3-1-13-2-4-15/h5-6,13H,1-4H2. The van der Waals surface area contributed by atoms with E-state index in [9.17, 15) is 9.18 Å². The molecule has 86 valence electrons. The van der Waals surface area contributed by atoms with E-state index in [2.05, 4.69) is 26.2 Å². The number of nitrogens with one attached hydrogen (secondary N) is 1. The molecule has 1 aliphatic rings. The zero-order chi connectivity index (χ0) is 11.5. The van der Waals surface area contributed by atoms with Crippen LogP contribution in [0, 0.1) is 5.82 Å². The Bertz CT molecular complexity index is 407. The van der Waals surface area contributed by atoms with Gasteiger partial charge in [0, 0.05) is 26.2 Å². The number of carbonyl (C=O) groups is 1. The molecule has 1 aromatic rings. The minimum atomic E-state index is -0.577. The molecule has 1 aromatic heterocycles. The summed E-state index contributed by atoms with van der Waals surface area (Å²) < 4.78 is 13.9. The number of hydrogen-bond donors (Lipinski definition) is 1. The van der Waals surface area contributed by atoms with E-state index in [1.165, 1.54) is 6.07 Å². The molecule has 1 saturated heterocycles. The molecule has 0 atom stereocenters. The first-order chi connectivity index (χ1) is 7.68. The van der Waals surface area contributed by atoms with Crippen LogP contribution in [-0.2, 0) is 0 Å². The maximum absolute atomic E-state index is 13.4. The van der Waals surface area contributed by atoms with Crippen molar-refractivity contribution in [3.05, 3.63) is 28.2 Å². The van der Waals surface area contributed by atoms with Crippen molar-refractivity contribution in [2.75, 3.05) is 26.2 Å². The third-order valence-corrected chi connectivity index (χ3v) is 2.89. The number of rotatable bonds is 1. The molecule has 16 heavy (non-hydrogen) atoms. The highest BCUT2D eigenvalue weighted by molar-refractivity contribution is 9.10. The van der Waals surface area contributed by atoms with Gasteiger partial charge in [-0.3, -0.25) is 4.79 Å². The van der Waals surface area contributed by atoms with Crippen LogP contribution in [0.4, 0.5) is 4.39 Å². The third kappa shape index (κ3) is 2.38. The van der Waals surface area contributed by atoms with Gasteiger partial charge in [-0.25, -0.2) is 9.37 Å². The highest BCUT2D eigenvalue weighted by Crippen LogP contribution is 2.14. The number of amides is 1. The molecule has 0 unspecified atom stereocenters. The normalized spacial score (nSPS) is 16.2. The Hall–Kier alpha value is -1.01. The minimum Gasteiger partial charge on any atom is -0.336 e. The maximum Gasteiger partial charge on any atom is 0.257 e. The van der Waals surface area contributed by atoms with Crippen molar-refractivity contribution in [2.45, 2.75) is 0 Å². The Morgan fingerprint density at radius 2 is 2.19 bits per heavy atom. The lowest BCUT2D eigenvalue weighted by atomic mass is 10.2. The van der Waals surface area contributed by atoms with Crippen LogP contribution in [0.5, 0.6) is 0 Å². The molecule has 0 aromatic carbocycles. The van der Waals surface area contributed by atoms with E-state index in [4.69, 9.17) is 0 Å². The number of nitrogens with zero attached hydrogens (tertiary/aromatic N) is 2. The molecular formula is C10H11BrFN3O. The van der Waals surface area contributed by atoms with E-state index in [1.54, 1.807) is 4.90 Å². The largest absolute Gasteiger partial charge is 0.336 e. The zero-order valence-corrected chi connectivity index (χ0v) is 10.1. The van der Waals surface area contributed by atoms with Gasteiger partial charge in [0.1, 0.15) is 4.60 Å². The van der Waals surface area contributed by atoms with Crippen molar-refractivity contribution in [1.29, 1.82) is 0 Å². The van der Waals surface area contributed by atoms with Crippen LogP contribution < -0.4 is 5.32 Å². The molecule has 1 N–H and O–H groups in total. The summed E-state index contributed by atoms with van der Waals surface area (Å²) >= 11 is 3.13. The van der Waals surface area contributed by atoms with Crippen molar-refractivity contribution < 1.29 is 9.18 Å². The fourth-order valence-electron chi connectivity index (χ4n) is 1.62. The van der Waals surface area contributed by atoms with Crippen molar-refractivity contribution in [3.8, 4) is 0 Å². The van der Waals surface area contributed by atoms with Gasteiger partial charge in [-0.15, -0.1) is 0 Å². The maximum atomic E-state index is 13.4. The van der Waals surface area contributed by atoms with Crippen molar-refractivity contribution in [3.63, 3.8) is 0 Å². The smallest absolute Gasteiger partial charge is 0.257 e. The minimum absolute atomic E-state index is 0.0729. The van der Waals surface area contributed by atoms with E-state index in [1.807, 2.05) is 0 Å². The topological polar surface area (TPSA) is 45.2 Å².